The Hall–Kier alpha value is -0.610. The lowest BCUT2D eigenvalue weighted by atomic mass is 10.2. The van der Waals surface area contributed by atoms with E-state index in [0.717, 1.165) is 52.0 Å². The van der Waals surface area contributed by atoms with Crippen molar-refractivity contribution in [1.82, 2.24) is 10.2 Å². The van der Waals surface area contributed by atoms with Gasteiger partial charge in [-0.2, -0.15) is 0 Å². The third-order valence-corrected chi connectivity index (χ3v) is 3.03. The van der Waals surface area contributed by atoms with Crippen molar-refractivity contribution in [3.8, 4) is 0 Å². The Balaban J connectivity index is 3.26. The third-order valence-electron chi connectivity index (χ3n) is 3.03. The molecule has 0 amide bonds. The van der Waals surface area contributed by atoms with Gasteiger partial charge in [0.1, 0.15) is 6.61 Å². The van der Waals surface area contributed by atoms with E-state index >= 15 is 0 Å². The number of hydrogen-bond donors (Lipinski definition) is 1. The van der Waals surface area contributed by atoms with Crippen molar-refractivity contribution in [2.45, 2.75) is 46.5 Å². The van der Waals surface area contributed by atoms with Gasteiger partial charge in [0, 0.05) is 26.1 Å². The van der Waals surface area contributed by atoms with E-state index in [1.54, 1.807) is 0 Å². The highest BCUT2D eigenvalue weighted by Gasteiger charge is 2.01. The number of likely N-dealkylation sites (N-methyl/N-ethyl adjacent to an activating group) is 1. The van der Waals surface area contributed by atoms with Gasteiger partial charge >= 0.3 is 5.97 Å². The van der Waals surface area contributed by atoms with Crippen molar-refractivity contribution in [2.24, 2.45) is 0 Å². The summed E-state index contributed by atoms with van der Waals surface area (Å²) in [5, 5.41) is 3.29. The fourth-order valence-corrected chi connectivity index (χ4v) is 1.73. The maximum absolute atomic E-state index is 11.3. The van der Waals surface area contributed by atoms with Gasteiger partial charge < -0.3 is 15.0 Å². The second-order valence-electron chi connectivity index (χ2n) is 4.45. The van der Waals surface area contributed by atoms with Crippen LogP contribution in [0.15, 0.2) is 0 Å². The molecule has 4 heteroatoms. The topological polar surface area (TPSA) is 41.6 Å². The van der Waals surface area contributed by atoms with Crippen LogP contribution in [0.5, 0.6) is 0 Å². The van der Waals surface area contributed by atoms with E-state index in [4.69, 9.17) is 4.74 Å². The number of hydrogen-bond acceptors (Lipinski definition) is 4. The largest absolute Gasteiger partial charge is 0.464 e. The average molecular weight is 258 g/mol. The third kappa shape index (κ3) is 10.5. The molecule has 0 unspecified atom stereocenters. The van der Waals surface area contributed by atoms with Gasteiger partial charge in [0.2, 0.25) is 0 Å². The molecule has 0 bridgehead atoms. The lowest BCUT2D eigenvalue weighted by Crippen LogP contribution is -2.33. The van der Waals surface area contributed by atoms with Crippen LogP contribution >= 0.6 is 0 Å². The summed E-state index contributed by atoms with van der Waals surface area (Å²) >= 11 is 0. The van der Waals surface area contributed by atoms with E-state index in [-0.39, 0.29) is 5.97 Å². The summed E-state index contributed by atoms with van der Waals surface area (Å²) in [6.45, 7) is 11.9. The van der Waals surface area contributed by atoms with Crippen molar-refractivity contribution in [3.05, 3.63) is 0 Å². The molecule has 0 rings (SSSR count). The van der Waals surface area contributed by atoms with Crippen molar-refractivity contribution in [3.63, 3.8) is 0 Å². The molecular weight excluding hydrogens is 228 g/mol. The molecule has 0 spiro atoms. The fourth-order valence-electron chi connectivity index (χ4n) is 1.73. The number of nitrogens with zero attached hydrogens (tertiary/aromatic N) is 1. The molecule has 0 aromatic heterocycles. The van der Waals surface area contributed by atoms with Crippen molar-refractivity contribution >= 4 is 5.97 Å². The molecule has 0 aromatic carbocycles. The Bertz CT molecular complexity index is 194. The number of carbonyl (C=O) groups excluding carboxylic acids is 1. The van der Waals surface area contributed by atoms with Gasteiger partial charge in [0.25, 0.3) is 0 Å². The van der Waals surface area contributed by atoms with Crippen LogP contribution in [0.25, 0.3) is 0 Å². The van der Waals surface area contributed by atoms with E-state index in [2.05, 4.69) is 31.0 Å². The number of carbonyl (C=O) groups is 1. The highest BCUT2D eigenvalue weighted by Crippen LogP contribution is 1.99. The van der Waals surface area contributed by atoms with E-state index in [0.29, 0.717) is 13.0 Å². The van der Waals surface area contributed by atoms with Crippen LogP contribution in [-0.2, 0) is 9.53 Å². The number of ether oxygens (including phenoxy) is 1. The minimum Gasteiger partial charge on any atom is -0.464 e. The van der Waals surface area contributed by atoms with E-state index in [1.165, 1.54) is 0 Å². The summed E-state index contributed by atoms with van der Waals surface area (Å²) < 4.78 is 5.13. The highest BCUT2D eigenvalue weighted by atomic mass is 16.5. The molecule has 0 fully saturated rings. The number of esters is 1. The lowest BCUT2D eigenvalue weighted by Gasteiger charge is -2.17. The molecule has 1 N–H and O–H groups in total. The van der Waals surface area contributed by atoms with Gasteiger partial charge in [0.15, 0.2) is 0 Å². The molecule has 0 aromatic rings. The van der Waals surface area contributed by atoms with Crippen molar-refractivity contribution < 1.29 is 9.53 Å². The predicted octanol–water partition coefficient (Wildman–Crippen LogP) is 2.04. The van der Waals surface area contributed by atoms with E-state index in [9.17, 15) is 4.79 Å². The standard InChI is InChI=1S/C14H30N2O2/c1-4-7-8-9-14(17)18-13-11-15-10-12-16(5-2)6-3/h15H,4-13H2,1-3H3. The maximum Gasteiger partial charge on any atom is 0.305 e. The smallest absolute Gasteiger partial charge is 0.305 e. The summed E-state index contributed by atoms with van der Waals surface area (Å²) in [6, 6.07) is 0. The molecule has 18 heavy (non-hydrogen) atoms. The normalized spacial score (nSPS) is 10.9. The molecular formula is C14H30N2O2. The van der Waals surface area contributed by atoms with Gasteiger partial charge in [0.05, 0.1) is 0 Å². The van der Waals surface area contributed by atoms with Crippen LogP contribution in [0.2, 0.25) is 0 Å². The van der Waals surface area contributed by atoms with Crippen LogP contribution in [0.3, 0.4) is 0 Å². The minimum atomic E-state index is -0.0611. The Kier molecular flexibility index (Phi) is 12.4. The van der Waals surface area contributed by atoms with Gasteiger partial charge in [-0.05, 0) is 19.5 Å². The zero-order valence-electron chi connectivity index (χ0n) is 12.3. The number of unbranched alkanes of at least 4 members (excludes halogenated alkanes) is 2. The zero-order chi connectivity index (χ0) is 13.6. The molecule has 0 aliphatic heterocycles. The molecule has 108 valence electrons. The monoisotopic (exact) mass is 258 g/mol. The summed E-state index contributed by atoms with van der Waals surface area (Å²) in [5.74, 6) is -0.0611. The quantitative estimate of drug-likeness (QED) is 0.430. The zero-order valence-corrected chi connectivity index (χ0v) is 12.3. The van der Waals surface area contributed by atoms with Crippen molar-refractivity contribution in [1.29, 1.82) is 0 Å². The Morgan fingerprint density at radius 2 is 1.83 bits per heavy atom. The molecule has 0 saturated heterocycles. The molecule has 0 atom stereocenters. The summed E-state index contributed by atoms with van der Waals surface area (Å²) in [5.41, 5.74) is 0. The Morgan fingerprint density at radius 1 is 1.11 bits per heavy atom. The van der Waals surface area contributed by atoms with E-state index in [1.807, 2.05) is 0 Å². The first-order valence-corrected chi connectivity index (χ1v) is 7.33. The predicted molar refractivity (Wildman–Crippen MR) is 75.8 cm³/mol. The minimum absolute atomic E-state index is 0.0611. The van der Waals surface area contributed by atoms with Gasteiger partial charge in [-0.25, -0.2) is 0 Å². The van der Waals surface area contributed by atoms with Crippen molar-refractivity contribution in [2.75, 3.05) is 39.3 Å². The summed E-state index contributed by atoms with van der Waals surface area (Å²) in [6.07, 6.45) is 3.76. The molecule has 0 saturated carbocycles. The highest BCUT2D eigenvalue weighted by molar-refractivity contribution is 5.69. The second kappa shape index (κ2) is 12.8. The van der Waals surface area contributed by atoms with Crippen LogP contribution < -0.4 is 5.32 Å². The van der Waals surface area contributed by atoms with Gasteiger partial charge in [-0.15, -0.1) is 0 Å². The first-order valence-electron chi connectivity index (χ1n) is 7.33. The molecule has 0 heterocycles. The summed E-state index contributed by atoms with van der Waals surface area (Å²) in [4.78, 5) is 13.7. The van der Waals surface area contributed by atoms with Gasteiger partial charge in [-0.3, -0.25) is 4.79 Å². The molecule has 0 aliphatic rings. The molecule has 4 nitrogen and oxygen atoms in total. The maximum atomic E-state index is 11.3. The first-order chi connectivity index (χ1) is 8.74. The average Bonchev–Trinajstić information content (AvgIpc) is 2.38. The van der Waals surface area contributed by atoms with Crippen LogP contribution in [0.1, 0.15) is 46.5 Å². The lowest BCUT2D eigenvalue weighted by molar-refractivity contribution is -0.143. The first kappa shape index (κ1) is 17.4. The fraction of sp³-hybridized carbons (Fsp3) is 0.929. The van der Waals surface area contributed by atoms with Crippen LogP contribution in [0, 0.1) is 0 Å². The van der Waals surface area contributed by atoms with Crippen LogP contribution in [-0.4, -0.2) is 50.2 Å². The number of rotatable bonds is 12. The van der Waals surface area contributed by atoms with Gasteiger partial charge in [-0.1, -0.05) is 33.6 Å². The molecule has 0 aliphatic carbocycles. The second-order valence-corrected chi connectivity index (χ2v) is 4.45. The van der Waals surface area contributed by atoms with Crippen LogP contribution in [0.4, 0.5) is 0 Å². The Morgan fingerprint density at radius 3 is 2.44 bits per heavy atom. The number of nitrogens with one attached hydrogen (secondary N) is 1. The SMILES string of the molecule is CCCCCC(=O)OCCNCCN(CC)CC. The summed E-state index contributed by atoms with van der Waals surface area (Å²) in [7, 11) is 0. The Labute approximate surface area is 112 Å². The van der Waals surface area contributed by atoms with E-state index < -0.39 is 0 Å². The molecule has 0 radical (unpaired) electrons.